The summed E-state index contributed by atoms with van der Waals surface area (Å²) in [6.45, 7) is 4.62. The molecule has 128 valence electrons. The van der Waals surface area contributed by atoms with Gasteiger partial charge in [-0.05, 0) is 37.1 Å². The third-order valence-electron chi connectivity index (χ3n) is 3.51. The van der Waals surface area contributed by atoms with Crippen molar-refractivity contribution in [3.8, 4) is 17.0 Å². The van der Waals surface area contributed by atoms with Crippen molar-refractivity contribution >= 4 is 11.8 Å². The van der Waals surface area contributed by atoms with Crippen LogP contribution in [-0.4, -0.2) is 27.5 Å². The number of aromatic amines is 1. The van der Waals surface area contributed by atoms with Gasteiger partial charge in [0.15, 0.2) is 10.9 Å². The average Bonchev–Trinajstić information content (AvgIpc) is 2.59. The normalized spacial score (nSPS) is 10.6. The Bertz CT molecular complexity index is 890. The van der Waals surface area contributed by atoms with Crippen molar-refractivity contribution in [1.29, 1.82) is 0 Å². The standard InChI is InChI=1S/C19H19N3O2S/c1-13-10-14(2)12-16(11-13)24-8-9-25-19-20-18(23)17(21-22-19)15-6-4-3-5-7-15/h3-7,10-12H,8-9H2,1-2H3,(H,20,22,23). The van der Waals surface area contributed by atoms with Crippen molar-refractivity contribution in [3.63, 3.8) is 0 Å². The number of ether oxygens (including phenoxy) is 1. The van der Waals surface area contributed by atoms with E-state index in [0.717, 1.165) is 11.3 Å². The maximum absolute atomic E-state index is 12.2. The van der Waals surface area contributed by atoms with Gasteiger partial charge in [-0.2, -0.15) is 0 Å². The molecule has 0 saturated carbocycles. The van der Waals surface area contributed by atoms with Gasteiger partial charge in [0.05, 0.1) is 6.61 Å². The summed E-state index contributed by atoms with van der Waals surface area (Å²) in [6.07, 6.45) is 0. The lowest BCUT2D eigenvalue weighted by atomic mass is 10.1. The fourth-order valence-corrected chi connectivity index (χ4v) is 3.11. The molecule has 0 spiro atoms. The number of nitrogens with zero attached hydrogens (tertiary/aromatic N) is 2. The van der Waals surface area contributed by atoms with E-state index in [0.29, 0.717) is 23.2 Å². The first kappa shape index (κ1) is 17.2. The molecule has 25 heavy (non-hydrogen) atoms. The topological polar surface area (TPSA) is 67.9 Å². The highest BCUT2D eigenvalue weighted by molar-refractivity contribution is 7.99. The van der Waals surface area contributed by atoms with Gasteiger partial charge in [-0.3, -0.25) is 9.78 Å². The van der Waals surface area contributed by atoms with Gasteiger partial charge in [-0.25, -0.2) is 0 Å². The average molecular weight is 353 g/mol. The van der Waals surface area contributed by atoms with E-state index in [-0.39, 0.29) is 5.56 Å². The summed E-state index contributed by atoms with van der Waals surface area (Å²) in [5, 5.41) is 8.64. The van der Waals surface area contributed by atoms with Gasteiger partial charge in [0.25, 0.3) is 5.56 Å². The van der Waals surface area contributed by atoms with Gasteiger partial charge in [-0.1, -0.05) is 48.2 Å². The number of aromatic nitrogens is 3. The minimum atomic E-state index is -0.237. The highest BCUT2D eigenvalue weighted by Crippen LogP contribution is 2.18. The van der Waals surface area contributed by atoms with Crippen molar-refractivity contribution in [2.45, 2.75) is 19.0 Å². The molecule has 1 heterocycles. The molecule has 0 fully saturated rings. The van der Waals surface area contributed by atoms with Crippen LogP contribution < -0.4 is 10.3 Å². The third kappa shape index (κ3) is 4.70. The van der Waals surface area contributed by atoms with Crippen LogP contribution in [0.25, 0.3) is 11.3 Å². The molecule has 0 aliphatic carbocycles. The zero-order valence-electron chi connectivity index (χ0n) is 14.2. The van der Waals surface area contributed by atoms with Gasteiger partial charge in [0.2, 0.25) is 0 Å². The smallest absolute Gasteiger partial charge is 0.278 e. The molecule has 0 saturated heterocycles. The minimum Gasteiger partial charge on any atom is -0.493 e. The summed E-state index contributed by atoms with van der Waals surface area (Å²) in [7, 11) is 0. The summed E-state index contributed by atoms with van der Waals surface area (Å²) < 4.78 is 5.75. The Morgan fingerprint density at radius 3 is 2.44 bits per heavy atom. The van der Waals surface area contributed by atoms with E-state index in [1.807, 2.05) is 56.3 Å². The summed E-state index contributed by atoms with van der Waals surface area (Å²) >= 11 is 1.41. The predicted octanol–water partition coefficient (Wildman–Crippen LogP) is 3.62. The van der Waals surface area contributed by atoms with Crippen LogP contribution in [-0.2, 0) is 0 Å². The Labute approximate surface area is 150 Å². The van der Waals surface area contributed by atoms with E-state index in [4.69, 9.17) is 4.74 Å². The second kappa shape index (κ2) is 7.98. The fourth-order valence-electron chi connectivity index (χ4n) is 2.49. The van der Waals surface area contributed by atoms with E-state index < -0.39 is 0 Å². The fraction of sp³-hybridized carbons (Fsp3) is 0.211. The Morgan fingerprint density at radius 2 is 1.76 bits per heavy atom. The van der Waals surface area contributed by atoms with E-state index >= 15 is 0 Å². The molecule has 6 heteroatoms. The number of nitrogens with one attached hydrogen (secondary N) is 1. The summed E-state index contributed by atoms with van der Waals surface area (Å²) in [4.78, 5) is 14.9. The van der Waals surface area contributed by atoms with Crippen LogP contribution in [0.1, 0.15) is 11.1 Å². The molecule has 2 aromatic carbocycles. The van der Waals surface area contributed by atoms with E-state index in [1.54, 1.807) is 0 Å². The lowest BCUT2D eigenvalue weighted by Crippen LogP contribution is -2.14. The van der Waals surface area contributed by atoms with Crippen LogP contribution in [0.3, 0.4) is 0 Å². The van der Waals surface area contributed by atoms with Gasteiger partial charge >= 0.3 is 0 Å². The molecule has 0 atom stereocenters. The molecule has 0 radical (unpaired) electrons. The van der Waals surface area contributed by atoms with E-state index in [9.17, 15) is 4.79 Å². The molecule has 3 rings (SSSR count). The third-order valence-corrected chi connectivity index (χ3v) is 4.34. The predicted molar refractivity (Wildman–Crippen MR) is 100 cm³/mol. The molecule has 1 aromatic heterocycles. The highest BCUT2D eigenvalue weighted by atomic mass is 32.2. The maximum Gasteiger partial charge on any atom is 0.278 e. The van der Waals surface area contributed by atoms with Crippen LogP contribution in [0.2, 0.25) is 0 Å². The van der Waals surface area contributed by atoms with Crippen molar-refractivity contribution in [3.05, 3.63) is 70.0 Å². The second-order valence-electron chi connectivity index (χ2n) is 5.69. The SMILES string of the molecule is Cc1cc(C)cc(OCCSc2nnc(-c3ccccc3)c(=O)[nH]2)c1. The monoisotopic (exact) mass is 353 g/mol. The Balaban J connectivity index is 1.57. The number of hydrogen-bond donors (Lipinski definition) is 1. The summed E-state index contributed by atoms with van der Waals surface area (Å²) in [5.74, 6) is 1.53. The van der Waals surface area contributed by atoms with Crippen molar-refractivity contribution in [2.24, 2.45) is 0 Å². The first-order chi connectivity index (χ1) is 12.1. The number of H-pyrrole nitrogens is 1. The number of rotatable bonds is 6. The molecular weight excluding hydrogens is 334 g/mol. The second-order valence-corrected chi connectivity index (χ2v) is 6.78. The number of aryl methyl sites for hydroxylation is 2. The quantitative estimate of drug-likeness (QED) is 0.541. The molecule has 3 aromatic rings. The molecule has 0 aliphatic rings. The van der Waals surface area contributed by atoms with Crippen molar-refractivity contribution in [2.75, 3.05) is 12.4 Å². The van der Waals surface area contributed by atoms with Crippen molar-refractivity contribution in [1.82, 2.24) is 15.2 Å². The zero-order valence-corrected chi connectivity index (χ0v) is 15.0. The van der Waals surface area contributed by atoms with Crippen LogP contribution in [0.5, 0.6) is 5.75 Å². The Kier molecular flexibility index (Phi) is 5.50. The zero-order chi connectivity index (χ0) is 17.6. The number of thioether (sulfide) groups is 1. The highest BCUT2D eigenvalue weighted by Gasteiger charge is 2.07. The molecule has 0 unspecified atom stereocenters. The van der Waals surface area contributed by atoms with Crippen LogP contribution in [0, 0.1) is 13.8 Å². The molecule has 5 nitrogen and oxygen atoms in total. The van der Waals surface area contributed by atoms with Gasteiger partial charge < -0.3 is 4.74 Å². The van der Waals surface area contributed by atoms with Gasteiger partial charge in [0, 0.05) is 11.3 Å². The first-order valence-corrected chi connectivity index (χ1v) is 8.97. The van der Waals surface area contributed by atoms with Gasteiger partial charge in [0.1, 0.15) is 5.75 Å². The summed E-state index contributed by atoms with van der Waals surface area (Å²) in [5.41, 5.74) is 3.20. The number of hydrogen-bond acceptors (Lipinski definition) is 5. The molecule has 1 N–H and O–H groups in total. The lowest BCUT2D eigenvalue weighted by Gasteiger charge is -2.08. The largest absolute Gasteiger partial charge is 0.493 e. The van der Waals surface area contributed by atoms with Crippen LogP contribution in [0.15, 0.2) is 58.5 Å². The maximum atomic E-state index is 12.2. The van der Waals surface area contributed by atoms with E-state index in [1.165, 1.54) is 22.9 Å². The summed E-state index contributed by atoms with van der Waals surface area (Å²) in [6, 6.07) is 15.4. The minimum absolute atomic E-state index is 0.237. The molecular formula is C19H19N3O2S. The Morgan fingerprint density at radius 1 is 1.04 bits per heavy atom. The lowest BCUT2D eigenvalue weighted by molar-refractivity contribution is 0.343. The molecule has 0 amide bonds. The Hall–Kier alpha value is -2.60. The van der Waals surface area contributed by atoms with E-state index in [2.05, 4.69) is 21.2 Å². The molecule has 0 bridgehead atoms. The van der Waals surface area contributed by atoms with Crippen LogP contribution >= 0.6 is 11.8 Å². The van der Waals surface area contributed by atoms with Crippen LogP contribution in [0.4, 0.5) is 0 Å². The van der Waals surface area contributed by atoms with Crippen molar-refractivity contribution < 1.29 is 4.74 Å². The molecule has 0 aliphatic heterocycles. The van der Waals surface area contributed by atoms with Gasteiger partial charge in [-0.15, -0.1) is 10.2 Å². The number of benzene rings is 2. The first-order valence-electron chi connectivity index (χ1n) is 7.98.